The fraction of sp³-hybridized carbons (Fsp3) is 0.136. The molecule has 0 saturated heterocycles. The minimum atomic E-state index is -0.196. The van der Waals surface area contributed by atoms with Gasteiger partial charge in [-0.3, -0.25) is 0 Å². The van der Waals surface area contributed by atoms with Crippen LogP contribution in [0.3, 0.4) is 0 Å². The molecule has 0 amide bonds. The Morgan fingerprint density at radius 2 is 1.23 bits per heavy atom. The van der Waals surface area contributed by atoms with Gasteiger partial charge in [-0.05, 0) is 57.1 Å². The van der Waals surface area contributed by atoms with E-state index in [1.807, 2.05) is 6.07 Å². The first kappa shape index (κ1) is 26.7. The molecule has 0 bridgehead atoms. The predicted octanol–water partition coefficient (Wildman–Crippen LogP) is 11.5. The van der Waals surface area contributed by atoms with Crippen molar-refractivity contribution in [2.45, 2.75) is 38.5 Å². The molecule has 2 aliphatic carbocycles. The largest absolute Gasteiger partial charge is 0.455 e. The molecule has 0 fully saturated rings. The van der Waals surface area contributed by atoms with Gasteiger partial charge in [0.2, 0.25) is 0 Å². The van der Waals surface area contributed by atoms with Gasteiger partial charge in [0.15, 0.2) is 5.82 Å². The molecule has 6 aromatic carbocycles. The lowest BCUT2D eigenvalue weighted by Crippen LogP contribution is -2.16. The highest BCUT2D eigenvalue weighted by Gasteiger charge is 2.39. The molecule has 0 saturated carbocycles. The van der Waals surface area contributed by atoms with Crippen LogP contribution in [0.2, 0.25) is 0 Å². The highest BCUT2D eigenvalue weighted by Crippen LogP contribution is 2.54. The Balaban J connectivity index is 1.26. The topological polar surface area (TPSA) is 38.9 Å². The van der Waals surface area contributed by atoms with E-state index in [0.29, 0.717) is 0 Å². The Labute approximate surface area is 273 Å². The van der Waals surface area contributed by atoms with Crippen molar-refractivity contribution in [1.82, 2.24) is 9.97 Å². The van der Waals surface area contributed by atoms with Crippen molar-refractivity contribution < 1.29 is 4.42 Å². The molecule has 0 aliphatic heterocycles. The highest BCUT2D eigenvalue weighted by molar-refractivity contribution is 6.12. The zero-order valence-corrected chi connectivity index (χ0v) is 26.8. The molecule has 0 spiro atoms. The SMILES string of the molecule is CC1(C)c2ccc(-c3nc(-c4ccccc4)c4ccc5c(c4n3)C(C)(C)c3ccccc3-5)cc2-c2c1ccc1c2oc2ccccc21. The van der Waals surface area contributed by atoms with Crippen molar-refractivity contribution in [2.24, 2.45) is 0 Å². The molecule has 0 atom stereocenters. The molecular weight excluding hydrogens is 572 g/mol. The summed E-state index contributed by atoms with van der Waals surface area (Å²) in [5.74, 6) is 0.738. The monoisotopic (exact) mass is 604 g/mol. The van der Waals surface area contributed by atoms with E-state index in [0.717, 1.165) is 55.5 Å². The number of aromatic nitrogens is 2. The molecule has 8 aromatic rings. The molecule has 0 radical (unpaired) electrons. The third-order valence-corrected chi connectivity index (χ3v) is 10.9. The number of rotatable bonds is 2. The molecular formula is C44H32N2O. The van der Waals surface area contributed by atoms with Crippen LogP contribution in [0.25, 0.3) is 77.7 Å². The van der Waals surface area contributed by atoms with Gasteiger partial charge in [0.1, 0.15) is 11.2 Å². The Kier molecular flexibility index (Phi) is 5.13. The molecule has 10 rings (SSSR count). The van der Waals surface area contributed by atoms with Crippen LogP contribution < -0.4 is 0 Å². The molecule has 224 valence electrons. The Hall–Kier alpha value is -5.54. The number of nitrogens with zero attached hydrogens (tertiary/aromatic N) is 2. The first-order valence-electron chi connectivity index (χ1n) is 16.4. The van der Waals surface area contributed by atoms with Crippen molar-refractivity contribution in [1.29, 1.82) is 0 Å². The summed E-state index contributed by atoms with van der Waals surface area (Å²) in [7, 11) is 0. The van der Waals surface area contributed by atoms with Crippen molar-refractivity contribution in [3.8, 4) is 44.9 Å². The van der Waals surface area contributed by atoms with Crippen molar-refractivity contribution >= 4 is 32.8 Å². The third kappa shape index (κ3) is 3.46. The van der Waals surface area contributed by atoms with Gasteiger partial charge in [-0.25, -0.2) is 9.97 Å². The second kappa shape index (κ2) is 9.04. The summed E-state index contributed by atoms with van der Waals surface area (Å²) in [4.78, 5) is 10.8. The van der Waals surface area contributed by atoms with Crippen molar-refractivity contribution in [3.05, 3.63) is 144 Å². The van der Waals surface area contributed by atoms with E-state index in [2.05, 4.69) is 143 Å². The Morgan fingerprint density at radius 3 is 2.11 bits per heavy atom. The number of furan rings is 1. The number of para-hydroxylation sites is 1. The van der Waals surface area contributed by atoms with Crippen LogP contribution in [0.4, 0.5) is 0 Å². The van der Waals surface area contributed by atoms with Gasteiger partial charge in [0, 0.05) is 43.7 Å². The molecule has 3 heteroatoms. The van der Waals surface area contributed by atoms with E-state index < -0.39 is 0 Å². The van der Waals surface area contributed by atoms with Gasteiger partial charge in [-0.15, -0.1) is 0 Å². The molecule has 0 unspecified atom stereocenters. The average molecular weight is 605 g/mol. The molecule has 2 aliphatic rings. The molecule has 2 heterocycles. The van der Waals surface area contributed by atoms with Gasteiger partial charge >= 0.3 is 0 Å². The van der Waals surface area contributed by atoms with E-state index in [1.54, 1.807) is 0 Å². The van der Waals surface area contributed by atoms with Gasteiger partial charge in [0.05, 0.1) is 11.2 Å². The zero-order chi connectivity index (χ0) is 31.7. The smallest absolute Gasteiger partial charge is 0.160 e. The van der Waals surface area contributed by atoms with Crippen LogP contribution in [-0.4, -0.2) is 9.97 Å². The molecule has 2 aromatic heterocycles. The van der Waals surface area contributed by atoms with Crippen LogP contribution in [-0.2, 0) is 10.8 Å². The fourth-order valence-electron chi connectivity index (χ4n) is 8.55. The van der Waals surface area contributed by atoms with Gasteiger partial charge in [-0.1, -0.05) is 131 Å². The summed E-state index contributed by atoms with van der Waals surface area (Å²) in [5, 5.41) is 3.38. The lowest BCUT2D eigenvalue weighted by atomic mass is 9.81. The van der Waals surface area contributed by atoms with E-state index in [-0.39, 0.29) is 10.8 Å². The maximum Gasteiger partial charge on any atom is 0.160 e. The number of hydrogen-bond donors (Lipinski definition) is 0. The number of hydrogen-bond acceptors (Lipinski definition) is 3. The van der Waals surface area contributed by atoms with Crippen molar-refractivity contribution in [2.75, 3.05) is 0 Å². The van der Waals surface area contributed by atoms with Crippen LogP contribution in [0.15, 0.2) is 126 Å². The number of benzene rings is 6. The minimum Gasteiger partial charge on any atom is -0.455 e. The van der Waals surface area contributed by atoms with Gasteiger partial charge < -0.3 is 4.42 Å². The Bertz CT molecular complexity index is 2620. The predicted molar refractivity (Wildman–Crippen MR) is 193 cm³/mol. The number of fused-ring (bicyclic) bond motifs is 12. The lowest BCUT2D eigenvalue weighted by Gasteiger charge is -2.23. The summed E-state index contributed by atoms with van der Waals surface area (Å²) in [6.07, 6.45) is 0. The molecule has 47 heavy (non-hydrogen) atoms. The van der Waals surface area contributed by atoms with Crippen LogP contribution in [0, 0.1) is 0 Å². The van der Waals surface area contributed by atoms with E-state index in [9.17, 15) is 0 Å². The van der Waals surface area contributed by atoms with E-state index in [1.165, 1.54) is 44.5 Å². The van der Waals surface area contributed by atoms with Crippen LogP contribution in [0.1, 0.15) is 49.9 Å². The first-order chi connectivity index (χ1) is 22.8. The summed E-state index contributed by atoms with van der Waals surface area (Å²) >= 11 is 0. The maximum atomic E-state index is 6.60. The summed E-state index contributed by atoms with van der Waals surface area (Å²) in [5.41, 5.74) is 15.7. The van der Waals surface area contributed by atoms with Crippen molar-refractivity contribution in [3.63, 3.8) is 0 Å². The average Bonchev–Trinajstić information content (AvgIpc) is 3.68. The quantitative estimate of drug-likeness (QED) is 0.197. The Morgan fingerprint density at radius 1 is 0.511 bits per heavy atom. The van der Waals surface area contributed by atoms with E-state index in [4.69, 9.17) is 14.4 Å². The summed E-state index contributed by atoms with van der Waals surface area (Å²) in [6.45, 7) is 9.28. The normalized spacial score (nSPS) is 15.1. The molecule has 0 N–H and O–H groups in total. The lowest BCUT2D eigenvalue weighted by molar-refractivity contribution is 0.653. The van der Waals surface area contributed by atoms with Gasteiger partial charge in [0.25, 0.3) is 0 Å². The molecule has 3 nitrogen and oxygen atoms in total. The zero-order valence-electron chi connectivity index (χ0n) is 26.8. The maximum absolute atomic E-state index is 6.60. The standard InChI is InChI=1S/C44H32N2O/c1-43(2)34-22-18-26(24-32(34)37-35(43)23-21-30-28-15-9-11-17-36(28)47-41(30)37)42-45-39(25-12-6-5-7-13-25)31-20-19-29-27-14-8-10-16-33(27)44(3,4)38(29)40(31)46-42/h5-24H,1-4H3. The second-order valence-electron chi connectivity index (χ2n) is 14.2. The minimum absolute atomic E-state index is 0.160. The fourth-order valence-corrected chi connectivity index (χ4v) is 8.55. The van der Waals surface area contributed by atoms with E-state index >= 15 is 0 Å². The third-order valence-electron chi connectivity index (χ3n) is 10.9. The summed E-state index contributed by atoms with van der Waals surface area (Å²) in [6, 6.07) is 43.5. The van der Waals surface area contributed by atoms with Crippen LogP contribution in [0.5, 0.6) is 0 Å². The summed E-state index contributed by atoms with van der Waals surface area (Å²) < 4.78 is 6.60. The van der Waals surface area contributed by atoms with Crippen LogP contribution >= 0.6 is 0 Å². The first-order valence-corrected chi connectivity index (χ1v) is 16.4. The highest BCUT2D eigenvalue weighted by atomic mass is 16.3. The second-order valence-corrected chi connectivity index (χ2v) is 14.2. The van der Waals surface area contributed by atoms with Gasteiger partial charge in [-0.2, -0.15) is 0 Å².